The van der Waals surface area contributed by atoms with Crippen LogP contribution in [0.15, 0.2) is 24.3 Å². The maximum Gasteiger partial charge on any atom is 0.405 e. The largest absolute Gasteiger partial charge is 0.405 e. The molecule has 0 unspecified atom stereocenters. The van der Waals surface area contributed by atoms with Gasteiger partial charge in [0.1, 0.15) is 12.0 Å². The normalized spacial score (nSPS) is 25.3. The van der Waals surface area contributed by atoms with Crippen molar-refractivity contribution in [2.24, 2.45) is 5.92 Å². The molecule has 0 bridgehead atoms. The van der Waals surface area contributed by atoms with E-state index >= 15 is 0 Å². The maximum atomic E-state index is 12.5. The molecule has 3 amide bonds. The standard InChI is InChI=1S/C15H13F3N4O2/c16-15(17,18)7-20-13(24)22-6-9(5-19)14(8-22)10-3-1-2-4-11(10)21-12(14)23/h1-4,9H,6-8H2,(H,20,24)(H,21,23)/t9-,14-/m0/s1. The van der Waals surface area contributed by atoms with Gasteiger partial charge in [-0.15, -0.1) is 0 Å². The van der Waals surface area contributed by atoms with E-state index in [9.17, 15) is 28.0 Å². The summed E-state index contributed by atoms with van der Waals surface area (Å²) in [5.74, 6) is -1.25. The molecule has 3 rings (SSSR count). The van der Waals surface area contributed by atoms with Crippen molar-refractivity contribution >= 4 is 17.6 Å². The van der Waals surface area contributed by atoms with Crippen LogP contribution in [0.5, 0.6) is 0 Å². The number of fused-ring (bicyclic) bond motifs is 2. The minimum atomic E-state index is -4.53. The number of carbonyl (C=O) groups is 2. The molecule has 0 radical (unpaired) electrons. The molecule has 9 heteroatoms. The van der Waals surface area contributed by atoms with Gasteiger partial charge in [-0.3, -0.25) is 4.79 Å². The predicted molar refractivity (Wildman–Crippen MR) is 76.9 cm³/mol. The number of halogens is 3. The number of para-hydroxylation sites is 1. The lowest BCUT2D eigenvalue weighted by Gasteiger charge is -2.24. The number of urea groups is 1. The highest BCUT2D eigenvalue weighted by Gasteiger charge is 2.58. The van der Waals surface area contributed by atoms with Crippen LogP contribution in [0.1, 0.15) is 5.56 Å². The van der Waals surface area contributed by atoms with E-state index in [-0.39, 0.29) is 13.1 Å². The number of rotatable bonds is 1. The third kappa shape index (κ3) is 2.44. The highest BCUT2D eigenvalue weighted by molar-refractivity contribution is 6.07. The quantitative estimate of drug-likeness (QED) is 0.816. The van der Waals surface area contributed by atoms with Gasteiger partial charge < -0.3 is 15.5 Å². The monoisotopic (exact) mass is 338 g/mol. The molecule has 0 saturated carbocycles. The molecule has 126 valence electrons. The highest BCUT2D eigenvalue weighted by Crippen LogP contribution is 2.47. The van der Waals surface area contributed by atoms with Crippen molar-refractivity contribution in [3.63, 3.8) is 0 Å². The van der Waals surface area contributed by atoms with E-state index in [4.69, 9.17) is 0 Å². The molecule has 2 atom stereocenters. The summed E-state index contributed by atoms with van der Waals surface area (Å²) in [5, 5.41) is 13.9. The predicted octanol–water partition coefficient (Wildman–Crippen LogP) is 1.60. The topological polar surface area (TPSA) is 85.2 Å². The molecular weight excluding hydrogens is 325 g/mol. The Bertz CT molecular complexity index is 743. The lowest BCUT2D eigenvalue weighted by molar-refractivity contribution is -0.123. The second-order valence-electron chi connectivity index (χ2n) is 5.81. The lowest BCUT2D eigenvalue weighted by atomic mass is 9.74. The Kier molecular flexibility index (Phi) is 3.63. The summed E-state index contributed by atoms with van der Waals surface area (Å²) in [6.07, 6.45) is -4.53. The van der Waals surface area contributed by atoms with E-state index in [1.165, 1.54) is 0 Å². The summed E-state index contributed by atoms with van der Waals surface area (Å²) in [5.41, 5.74) is -0.103. The van der Waals surface area contributed by atoms with E-state index in [1.807, 2.05) is 6.07 Å². The van der Waals surface area contributed by atoms with Gasteiger partial charge in [-0.25, -0.2) is 4.79 Å². The van der Waals surface area contributed by atoms with Crippen molar-refractivity contribution in [2.75, 3.05) is 25.0 Å². The Morgan fingerprint density at radius 3 is 2.83 bits per heavy atom. The summed E-state index contributed by atoms with van der Waals surface area (Å²) in [4.78, 5) is 25.6. The van der Waals surface area contributed by atoms with Gasteiger partial charge in [-0.05, 0) is 11.6 Å². The third-order valence-corrected chi connectivity index (χ3v) is 4.38. The van der Waals surface area contributed by atoms with Gasteiger partial charge in [0.15, 0.2) is 0 Å². The Balaban J connectivity index is 1.87. The third-order valence-electron chi connectivity index (χ3n) is 4.38. The van der Waals surface area contributed by atoms with Crippen LogP contribution in [-0.4, -0.2) is 42.6 Å². The number of hydrogen-bond donors (Lipinski definition) is 2. The smallest absolute Gasteiger partial charge is 0.329 e. The molecule has 24 heavy (non-hydrogen) atoms. The van der Waals surface area contributed by atoms with Gasteiger partial charge in [0.25, 0.3) is 0 Å². The van der Waals surface area contributed by atoms with Crippen molar-refractivity contribution in [1.29, 1.82) is 5.26 Å². The number of carbonyl (C=O) groups excluding carboxylic acids is 2. The van der Waals surface area contributed by atoms with Gasteiger partial charge in [0.05, 0.1) is 12.0 Å². The zero-order valence-electron chi connectivity index (χ0n) is 12.4. The van der Waals surface area contributed by atoms with E-state index < -0.39 is 36.0 Å². The minimum Gasteiger partial charge on any atom is -0.329 e. The molecule has 1 aromatic carbocycles. The van der Waals surface area contributed by atoms with E-state index in [1.54, 1.807) is 29.6 Å². The molecule has 0 aliphatic carbocycles. The summed E-state index contributed by atoms with van der Waals surface area (Å²) in [6.45, 7) is -1.71. The van der Waals surface area contributed by atoms with Crippen LogP contribution in [-0.2, 0) is 10.2 Å². The molecule has 2 aliphatic heterocycles. The molecule has 1 aromatic rings. The Hall–Kier alpha value is -2.76. The zero-order valence-corrected chi connectivity index (χ0v) is 12.4. The fraction of sp³-hybridized carbons (Fsp3) is 0.400. The van der Waals surface area contributed by atoms with Crippen molar-refractivity contribution in [2.45, 2.75) is 11.6 Å². The first kappa shape index (κ1) is 16.1. The molecule has 1 saturated heterocycles. The summed E-state index contributed by atoms with van der Waals surface area (Å²) >= 11 is 0. The summed E-state index contributed by atoms with van der Waals surface area (Å²) in [6, 6.07) is 7.88. The highest BCUT2D eigenvalue weighted by atomic mass is 19.4. The molecule has 2 aliphatic rings. The average Bonchev–Trinajstić information content (AvgIpc) is 3.05. The first-order valence-corrected chi connectivity index (χ1v) is 7.18. The van der Waals surface area contributed by atoms with E-state index in [0.29, 0.717) is 11.3 Å². The SMILES string of the molecule is N#C[C@H]1CN(C(=O)NCC(F)(F)F)C[C@]12C(=O)Nc1ccccc12. The van der Waals surface area contributed by atoms with Crippen molar-refractivity contribution in [3.8, 4) is 6.07 Å². The van der Waals surface area contributed by atoms with Crippen LogP contribution in [0.25, 0.3) is 0 Å². The molecule has 1 spiro atoms. The second-order valence-corrected chi connectivity index (χ2v) is 5.81. The second kappa shape index (κ2) is 5.40. The lowest BCUT2D eigenvalue weighted by Crippen LogP contribution is -2.45. The Morgan fingerprint density at radius 2 is 2.17 bits per heavy atom. The molecular formula is C15H13F3N4O2. The number of alkyl halides is 3. The van der Waals surface area contributed by atoms with Crippen molar-refractivity contribution in [3.05, 3.63) is 29.8 Å². The number of amides is 3. The van der Waals surface area contributed by atoms with Crippen LogP contribution < -0.4 is 10.6 Å². The number of benzene rings is 1. The molecule has 0 aromatic heterocycles. The number of nitriles is 1. The first-order valence-electron chi connectivity index (χ1n) is 7.18. The Morgan fingerprint density at radius 1 is 1.46 bits per heavy atom. The Labute approximate surface area is 135 Å². The average molecular weight is 338 g/mol. The molecule has 2 heterocycles. The van der Waals surface area contributed by atoms with Gasteiger partial charge in [-0.1, -0.05) is 18.2 Å². The fourth-order valence-electron chi connectivity index (χ4n) is 3.29. The number of nitrogens with zero attached hydrogens (tertiary/aromatic N) is 2. The minimum absolute atomic E-state index is 0.109. The fourth-order valence-corrected chi connectivity index (χ4v) is 3.29. The van der Waals surface area contributed by atoms with Crippen LogP contribution in [0.2, 0.25) is 0 Å². The van der Waals surface area contributed by atoms with Crippen LogP contribution >= 0.6 is 0 Å². The van der Waals surface area contributed by atoms with Gasteiger partial charge in [-0.2, -0.15) is 18.4 Å². The van der Waals surface area contributed by atoms with E-state index in [2.05, 4.69) is 5.32 Å². The number of nitrogens with one attached hydrogen (secondary N) is 2. The number of likely N-dealkylation sites (tertiary alicyclic amines) is 1. The maximum absolute atomic E-state index is 12.5. The molecule has 6 nitrogen and oxygen atoms in total. The van der Waals surface area contributed by atoms with Gasteiger partial charge in [0, 0.05) is 18.8 Å². The van der Waals surface area contributed by atoms with Crippen LogP contribution in [0.3, 0.4) is 0 Å². The van der Waals surface area contributed by atoms with Crippen molar-refractivity contribution < 1.29 is 22.8 Å². The van der Waals surface area contributed by atoms with E-state index in [0.717, 1.165) is 4.90 Å². The number of anilines is 1. The van der Waals surface area contributed by atoms with Crippen molar-refractivity contribution in [1.82, 2.24) is 10.2 Å². The van der Waals surface area contributed by atoms with Crippen LogP contribution in [0.4, 0.5) is 23.7 Å². The summed E-state index contributed by atoms with van der Waals surface area (Å²) < 4.78 is 36.7. The van der Waals surface area contributed by atoms with Gasteiger partial charge >= 0.3 is 12.2 Å². The zero-order chi connectivity index (χ0) is 17.5. The van der Waals surface area contributed by atoms with Crippen LogP contribution in [0, 0.1) is 17.2 Å². The molecule has 1 fully saturated rings. The first-order chi connectivity index (χ1) is 11.3. The molecule has 2 N–H and O–H groups in total. The summed E-state index contributed by atoms with van der Waals surface area (Å²) in [7, 11) is 0. The number of hydrogen-bond acceptors (Lipinski definition) is 3. The van der Waals surface area contributed by atoms with Gasteiger partial charge in [0.2, 0.25) is 5.91 Å².